The van der Waals surface area contributed by atoms with Crippen LogP contribution in [0, 0.1) is 11.6 Å². The number of Topliss-reactive ketones (excluding diaryl/α,β-unsaturated/α-hetero) is 1. The molecule has 0 unspecified atom stereocenters. The Morgan fingerprint density at radius 1 is 1.31 bits per heavy atom. The summed E-state index contributed by atoms with van der Waals surface area (Å²) in [5.41, 5.74) is 0.146. The summed E-state index contributed by atoms with van der Waals surface area (Å²) in [4.78, 5) is 11.8. The van der Waals surface area contributed by atoms with E-state index in [9.17, 15) is 13.6 Å². The van der Waals surface area contributed by atoms with E-state index in [2.05, 4.69) is 0 Å². The van der Waals surface area contributed by atoms with Crippen molar-refractivity contribution in [2.45, 2.75) is 12.8 Å². The normalized spacial score (nSPS) is 15.2. The number of carbonyl (C=O) groups is 1. The first-order valence-corrected chi connectivity index (χ1v) is 4.99. The second kappa shape index (κ2) is 4.43. The summed E-state index contributed by atoms with van der Waals surface area (Å²) in [5, 5.41) is 0. The minimum Gasteiger partial charge on any atom is -0.501 e. The molecule has 0 bridgehead atoms. The van der Waals surface area contributed by atoms with Gasteiger partial charge in [-0.1, -0.05) is 6.07 Å². The second-order valence-corrected chi connectivity index (χ2v) is 3.55. The standard InChI is InChI=1S/C12H10F2O2/c13-10-5-1-4-9(11(10)14)12(15)8-3-2-6-16-7-8/h1,4-5,7H,2-3,6H2. The van der Waals surface area contributed by atoms with E-state index in [1.54, 1.807) is 0 Å². The Labute approximate surface area is 91.5 Å². The van der Waals surface area contributed by atoms with E-state index in [0.717, 1.165) is 6.07 Å². The van der Waals surface area contributed by atoms with Gasteiger partial charge in [0.2, 0.25) is 0 Å². The summed E-state index contributed by atoms with van der Waals surface area (Å²) in [6.45, 7) is 0.558. The van der Waals surface area contributed by atoms with Gasteiger partial charge in [0.25, 0.3) is 0 Å². The van der Waals surface area contributed by atoms with Crippen LogP contribution in [0.2, 0.25) is 0 Å². The van der Waals surface area contributed by atoms with Gasteiger partial charge in [0.1, 0.15) is 0 Å². The van der Waals surface area contributed by atoms with Crippen LogP contribution in [0.4, 0.5) is 8.78 Å². The molecule has 84 valence electrons. The quantitative estimate of drug-likeness (QED) is 0.722. The Bertz CT molecular complexity index is 452. The number of hydrogen-bond acceptors (Lipinski definition) is 2. The molecule has 0 saturated heterocycles. The predicted molar refractivity (Wildman–Crippen MR) is 54.0 cm³/mol. The maximum Gasteiger partial charge on any atom is 0.195 e. The maximum atomic E-state index is 13.3. The van der Waals surface area contributed by atoms with E-state index in [4.69, 9.17) is 4.74 Å². The Hall–Kier alpha value is -1.71. The molecule has 0 radical (unpaired) electrons. The van der Waals surface area contributed by atoms with E-state index in [1.807, 2.05) is 0 Å². The molecule has 2 rings (SSSR count). The van der Waals surface area contributed by atoms with Crippen LogP contribution >= 0.6 is 0 Å². The average Bonchev–Trinajstić information content (AvgIpc) is 2.33. The minimum absolute atomic E-state index is 0.239. The minimum atomic E-state index is -1.10. The van der Waals surface area contributed by atoms with Crippen molar-refractivity contribution in [3.63, 3.8) is 0 Å². The Morgan fingerprint density at radius 3 is 2.81 bits per heavy atom. The first kappa shape index (κ1) is 10.8. The molecule has 0 fully saturated rings. The van der Waals surface area contributed by atoms with Crippen molar-refractivity contribution in [1.82, 2.24) is 0 Å². The van der Waals surface area contributed by atoms with Crippen LogP contribution < -0.4 is 0 Å². The highest BCUT2D eigenvalue weighted by molar-refractivity contribution is 6.08. The molecule has 2 nitrogen and oxygen atoms in total. The van der Waals surface area contributed by atoms with Crippen molar-refractivity contribution in [1.29, 1.82) is 0 Å². The zero-order chi connectivity index (χ0) is 11.5. The van der Waals surface area contributed by atoms with Gasteiger partial charge in [-0.05, 0) is 25.0 Å². The summed E-state index contributed by atoms with van der Waals surface area (Å²) in [7, 11) is 0. The lowest BCUT2D eigenvalue weighted by Crippen LogP contribution is -2.11. The largest absolute Gasteiger partial charge is 0.501 e. The molecule has 0 aliphatic carbocycles. The Kier molecular flexibility index (Phi) is 2.99. The van der Waals surface area contributed by atoms with Gasteiger partial charge in [0, 0.05) is 5.57 Å². The molecule has 1 aliphatic heterocycles. The van der Waals surface area contributed by atoms with Crippen LogP contribution in [0.15, 0.2) is 30.0 Å². The highest BCUT2D eigenvalue weighted by atomic mass is 19.2. The lowest BCUT2D eigenvalue weighted by molar-refractivity contribution is 0.100. The molecule has 4 heteroatoms. The molecule has 0 aromatic heterocycles. The highest BCUT2D eigenvalue weighted by Crippen LogP contribution is 2.20. The molecule has 0 amide bonds. The Balaban J connectivity index is 2.33. The molecular weight excluding hydrogens is 214 g/mol. The molecule has 1 heterocycles. The third kappa shape index (κ3) is 1.96. The molecule has 1 aromatic carbocycles. The first-order chi connectivity index (χ1) is 7.70. The fourth-order valence-electron chi connectivity index (χ4n) is 1.58. The molecule has 0 N–H and O–H groups in total. The summed E-state index contributed by atoms with van der Waals surface area (Å²) in [6.07, 6.45) is 2.58. The number of ether oxygens (including phenoxy) is 1. The van der Waals surface area contributed by atoms with Crippen molar-refractivity contribution >= 4 is 5.78 Å². The van der Waals surface area contributed by atoms with Crippen LogP contribution in [-0.2, 0) is 4.74 Å². The number of ketones is 1. The predicted octanol–water partition coefficient (Wildman–Crippen LogP) is 2.84. The monoisotopic (exact) mass is 224 g/mol. The molecular formula is C12H10F2O2. The topological polar surface area (TPSA) is 26.3 Å². The number of rotatable bonds is 2. The maximum absolute atomic E-state index is 13.3. The van der Waals surface area contributed by atoms with Gasteiger partial charge in [0.15, 0.2) is 17.4 Å². The number of halogens is 2. The lowest BCUT2D eigenvalue weighted by Gasteiger charge is -2.12. The van der Waals surface area contributed by atoms with Crippen LogP contribution in [0.1, 0.15) is 23.2 Å². The number of allylic oxidation sites excluding steroid dienone is 1. The smallest absolute Gasteiger partial charge is 0.195 e. The molecule has 0 atom stereocenters. The van der Waals surface area contributed by atoms with Crippen molar-refractivity contribution in [2.75, 3.05) is 6.61 Å². The molecule has 16 heavy (non-hydrogen) atoms. The van der Waals surface area contributed by atoms with Crippen LogP contribution in [0.5, 0.6) is 0 Å². The van der Waals surface area contributed by atoms with Crippen LogP contribution in [-0.4, -0.2) is 12.4 Å². The third-order valence-electron chi connectivity index (χ3n) is 2.42. The number of hydrogen-bond donors (Lipinski definition) is 0. The summed E-state index contributed by atoms with van der Waals surface area (Å²) in [6, 6.07) is 3.57. The molecule has 1 aliphatic rings. The molecule has 0 spiro atoms. The number of benzene rings is 1. The lowest BCUT2D eigenvalue weighted by atomic mass is 9.99. The Morgan fingerprint density at radius 2 is 2.12 bits per heavy atom. The summed E-state index contributed by atoms with van der Waals surface area (Å²) < 4.78 is 31.3. The van der Waals surface area contributed by atoms with E-state index >= 15 is 0 Å². The number of carbonyl (C=O) groups excluding carboxylic acids is 1. The van der Waals surface area contributed by atoms with E-state index < -0.39 is 17.4 Å². The van der Waals surface area contributed by atoms with E-state index in [-0.39, 0.29) is 5.56 Å². The van der Waals surface area contributed by atoms with Crippen LogP contribution in [0.25, 0.3) is 0 Å². The average molecular weight is 224 g/mol. The van der Waals surface area contributed by atoms with Gasteiger partial charge >= 0.3 is 0 Å². The van der Waals surface area contributed by atoms with Gasteiger partial charge in [-0.15, -0.1) is 0 Å². The SMILES string of the molecule is O=C(C1=COCCC1)c1cccc(F)c1F. The first-order valence-electron chi connectivity index (χ1n) is 4.99. The second-order valence-electron chi connectivity index (χ2n) is 3.55. The summed E-state index contributed by atoms with van der Waals surface area (Å²) >= 11 is 0. The zero-order valence-electron chi connectivity index (χ0n) is 8.50. The van der Waals surface area contributed by atoms with Gasteiger partial charge in [-0.25, -0.2) is 8.78 Å². The van der Waals surface area contributed by atoms with E-state index in [1.165, 1.54) is 18.4 Å². The van der Waals surface area contributed by atoms with Gasteiger partial charge in [-0.2, -0.15) is 0 Å². The van der Waals surface area contributed by atoms with Crippen molar-refractivity contribution in [3.8, 4) is 0 Å². The molecule has 0 saturated carbocycles. The molecule has 1 aromatic rings. The zero-order valence-corrected chi connectivity index (χ0v) is 8.50. The van der Waals surface area contributed by atoms with Gasteiger partial charge in [0.05, 0.1) is 18.4 Å². The van der Waals surface area contributed by atoms with Crippen molar-refractivity contribution in [3.05, 3.63) is 47.2 Å². The van der Waals surface area contributed by atoms with Gasteiger partial charge in [-0.3, -0.25) is 4.79 Å². The highest BCUT2D eigenvalue weighted by Gasteiger charge is 2.20. The fourth-order valence-corrected chi connectivity index (χ4v) is 1.58. The van der Waals surface area contributed by atoms with Crippen molar-refractivity contribution in [2.24, 2.45) is 0 Å². The third-order valence-corrected chi connectivity index (χ3v) is 2.42. The summed E-state index contributed by atoms with van der Waals surface area (Å²) in [5.74, 6) is -2.61. The van der Waals surface area contributed by atoms with Crippen molar-refractivity contribution < 1.29 is 18.3 Å². The van der Waals surface area contributed by atoms with E-state index in [0.29, 0.717) is 25.0 Å². The van der Waals surface area contributed by atoms with Gasteiger partial charge < -0.3 is 4.74 Å². The fraction of sp³-hybridized carbons (Fsp3) is 0.250. The van der Waals surface area contributed by atoms with Crippen LogP contribution in [0.3, 0.4) is 0 Å².